The SMILES string of the molecule is Cc1cc(NC(C)(C)c2ccc(F)cc2)n2ncc(-c3ccccn3)c2n1. The van der Waals surface area contributed by atoms with E-state index in [4.69, 9.17) is 0 Å². The average Bonchev–Trinajstić information content (AvgIpc) is 3.06. The summed E-state index contributed by atoms with van der Waals surface area (Å²) in [7, 11) is 0. The Hall–Kier alpha value is -3.28. The number of nitrogens with one attached hydrogen (secondary N) is 1. The number of benzene rings is 1. The summed E-state index contributed by atoms with van der Waals surface area (Å²) in [5, 5.41) is 8.04. The molecule has 1 aromatic carbocycles. The minimum Gasteiger partial charge on any atom is -0.361 e. The number of hydrogen-bond donors (Lipinski definition) is 1. The highest BCUT2D eigenvalue weighted by Crippen LogP contribution is 2.29. The summed E-state index contributed by atoms with van der Waals surface area (Å²) >= 11 is 0. The normalized spacial score (nSPS) is 11.7. The molecular weight excluding hydrogens is 341 g/mol. The van der Waals surface area contributed by atoms with Crippen molar-refractivity contribution in [1.29, 1.82) is 0 Å². The molecule has 6 heteroatoms. The molecule has 0 unspecified atom stereocenters. The Morgan fingerprint density at radius 3 is 2.56 bits per heavy atom. The van der Waals surface area contributed by atoms with Crippen molar-refractivity contribution in [2.75, 3.05) is 5.32 Å². The fourth-order valence-electron chi connectivity index (χ4n) is 3.13. The highest BCUT2D eigenvalue weighted by atomic mass is 19.1. The molecule has 27 heavy (non-hydrogen) atoms. The average molecular weight is 361 g/mol. The standard InChI is InChI=1S/C21H20FN5/c1-14-12-19(26-21(2,3)15-7-9-16(22)10-8-15)27-20(25-14)17(13-24-27)18-6-4-5-11-23-18/h4-13,26H,1-3H3. The third kappa shape index (κ3) is 3.26. The summed E-state index contributed by atoms with van der Waals surface area (Å²) in [4.78, 5) is 9.07. The number of hydrogen-bond acceptors (Lipinski definition) is 4. The van der Waals surface area contributed by atoms with Gasteiger partial charge in [-0.15, -0.1) is 0 Å². The van der Waals surface area contributed by atoms with Gasteiger partial charge in [0.1, 0.15) is 11.6 Å². The minimum absolute atomic E-state index is 0.247. The van der Waals surface area contributed by atoms with Gasteiger partial charge in [-0.05, 0) is 50.6 Å². The molecule has 4 rings (SSSR count). The molecule has 0 spiro atoms. The van der Waals surface area contributed by atoms with E-state index < -0.39 is 5.54 Å². The molecule has 1 N–H and O–H groups in total. The van der Waals surface area contributed by atoms with Crippen molar-refractivity contribution in [3.05, 3.63) is 78.0 Å². The Labute approximate surface area is 156 Å². The lowest BCUT2D eigenvalue weighted by molar-refractivity contribution is 0.592. The van der Waals surface area contributed by atoms with E-state index in [1.165, 1.54) is 12.1 Å². The minimum atomic E-state index is -0.425. The van der Waals surface area contributed by atoms with Crippen molar-refractivity contribution >= 4 is 11.5 Å². The van der Waals surface area contributed by atoms with Crippen LogP contribution in [0.2, 0.25) is 0 Å². The first-order valence-corrected chi connectivity index (χ1v) is 8.75. The molecule has 0 saturated carbocycles. The van der Waals surface area contributed by atoms with Gasteiger partial charge in [0.15, 0.2) is 5.65 Å². The third-order valence-corrected chi connectivity index (χ3v) is 4.55. The first-order chi connectivity index (χ1) is 12.9. The Kier molecular flexibility index (Phi) is 4.11. The third-order valence-electron chi connectivity index (χ3n) is 4.55. The van der Waals surface area contributed by atoms with Crippen LogP contribution in [0, 0.1) is 12.7 Å². The maximum Gasteiger partial charge on any atom is 0.167 e. The monoisotopic (exact) mass is 361 g/mol. The summed E-state index contributed by atoms with van der Waals surface area (Å²) in [6, 6.07) is 14.2. The molecule has 3 heterocycles. The number of rotatable bonds is 4. The summed E-state index contributed by atoms with van der Waals surface area (Å²) in [5.41, 5.74) is 3.87. The van der Waals surface area contributed by atoms with Crippen molar-refractivity contribution in [1.82, 2.24) is 19.6 Å². The van der Waals surface area contributed by atoms with E-state index in [9.17, 15) is 4.39 Å². The summed E-state index contributed by atoms with van der Waals surface area (Å²) in [5.74, 6) is 0.567. The van der Waals surface area contributed by atoms with Gasteiger partial charge >= 0.3 is 0 Å². The van der Waals surface area contributed by atoms with Gasteiger partial charge in [-0.2, -0.15) is 9.61 Å². The Morgan fingerprint density at radius 1 is 1.07 bits per heavy atom. The Morgan fingerprint density at radius 2 is 1.85 bits per heavy atom. The summed E-state index contributed by atoms with van der Waals surface area (Å²) in [6.45, 7) is 6.04. The molecule has 4 aromatic rings. The van der Waals surface area contributed by atoms with Crippen LogP contribution < -0.4 is 5.32 Å². The molecule has 0 aliphatic carbocycles. The van der Waals surface area contributed by atoms with Crippen LogP contribution in [0.4, 0.5) is 10.2 Å². The first-order valence-electron chi connectivity index (χ1n) is 8.75. The van der Waals surface area contributed by atoms with E-state index in [1.807, 2.05) is 45.0 Å². The quantitative estimate of drug-likeness (QED) is 0.578. The number of fused-ring (bicyclic) bond motifs is 1. The van der Waals surface area contributed by atoms with Crippen molar-refractivity contribution in [3.63, 3.8) is 0 Å². The van der Waals surface area contributed by atoms with Crippen molar-refractivity contribution in [2.45, 2.75) is 26.3 Å². The predicted molar refractivity (Wildman–Crippen MR) is 104 cm³/mol. The highest BCUT2D eigenvalue weighted by Gasteiger charge is 2.23. The van der Waals surface area contributed by atoms with Crippen LogP contribution in [-0.2, 0) is 5.54 Å². The second-order valence-electron chi connectivity index (χ2n) is 7.05. The molecule has 0 aliphatic heterocycles. The van der Waals surface area contributed by atoms with E-state index in [0.29, 0.717) is 0 Å². The van der Waals surface area contributed by atoms with E-state index in [0.717, 1.165) is 34.0 Å². The Bertz CT molecular complexity index is 1080. The van der Waals surface area contributed by atoms with Gasteiger partial charge in [-0.1, -0.05) is 18.2 Å². The van der Waals surface area contributed by atoms with Gasteiger partial charge in [0.2, 0.25) is 0 Å². The molecule has 0 fully saturated rings. The van der Waals surface area contributed by atoms with Gasteiger partial charge in [-0.3, -0.25) is 4.98 Å². The number of pyridine rings is 1. The van der Waals surface area contributed by atoms with Crippen LogP contribution in [0.25, 0.3) is 16.9 Å². The predicted octanol–water partition coefficient (Wildman–Crippen LogP) is 4.59. The van der Waals surface area contributed by atoms with Gasteiger partial charge in [0.05, 0.1) is 23.0 Å². The second kappa shape index (κ2) is 6.46. The maximum absolute atomic E-state index is 13.3. The molecule has 0 atom stereocenters. The van der Waals surface area contributed by atoms with Crippen LogP contribution in [0.15, 0.2) is 60.9 Å². The molecule has 5 nitrogen and oxygen atoms in total. The molecule has 136 valence electrons. The van der Waals surface area contributed by atoms with Gasteiger partial charge in [0, 0.05) is 18.0 Å². The first kappa shape index (κ1) is 17.1. The number of aryl methyl sites for hydroxylation is 1. The van der Waals surface area contributed by atoms with Gasteiger partial charge < -0.3 is 5.32 Å². The lowest BCUT2D eigenvalue weighted by atomic mass is 9.94. The van der Waals surface area contributed by atoms with E-state index in [1.54, 1.807) is 29.0 Å². The number of nitrogens with zero attached hydrogens (tertiary/aromatic N) is 4. The molecule has 0 radical (unpaired) electrons. The van der Waals surface area contributed by atoms with Crippen LogP contribution in [0.5, 0.6) is 0 Å². The van der Waals surface area contributed by atoms with Crippen LogP contribution in [0.3, 0.4) is 0 Å². The largest absolute Gasteiger partial charge is 0.361 e. The zero-order valence-corrected chi connectivity index (χ0v) is 15.4. The van der Waals surface area contributed by atoms with Crippen molar-refractivity contribution < 1.29 is 4.39 Å². The summed E-state index contributed by atoms with van der Waals surface area (Å²) in [6.07, 6.45) is 3.53. The maximum atomic E-state index is 13.3. The fourth-order valence-corrected chi connectivity index (χ4v) is 3.13. The van der Waals surface area contributed by atoms with E-state index >= 15 is 0 Å². The van der Waals surface area contributed by atoms with E-state index in [-0.39, 0.29) is 5.82 Å². The number of halogens is 1. The Balaban J connectivity index is 1.78. The number of anilines is 1. The molecule has 0 saturated heterocycles. The van der Waals surface area contributed by atoms with Gasteiger partial charge in [0.25, 0.3) is 0 Å². The lowest BCUT2D eigenvalue weighted by Crippen LogP contribution is -2.29. The zero-order valence-electron chi connectivity index (χ0n) is 15.4. The smallest absolute Gasteiger partial charge is 0.167 e. The van der Waals surface area contributed by atoms with Gasteiger partial charge in [-0.25, -0.2) is 9.37 Å². The van der Waals surface area contributed by atoms with Crippen LogP contribution in [-0.4, -0.2) is 19.6 Å². The molecule has 0 bridgehead atoms. The van der Waals surface area contributed by atoms with Crippen molar-refractivity contribution in [3.8, 4) is 11.3 Å². The topological polar surface area (TPSA) is 55.1 Å². The highest BCUT2D eigenvalue weighted by molar-refractivity contribution is 5.75. The van der Waals surface area contributed by atoms with Crippen molar-refractivity contribution in [2.24, 2.45) is 0 Å². The molecular formula is C21H20FN5. The molecule has 0 amide bonds. The number of aromatic nitrogens is 4. The molecule has 3 aromatic heterocycles. The summed E-state index contributed by atoms with van der Waals surface area (Å²) < 4.78 is 15.1. The van der Waals surface area contributed by atoms with E-state index in [2.05, 4.69) is 20.4 Å². The second-order valence-corrected chi connectivity index (χ2v) is 7.05. The fraction of sp³-hybridized carbons (Fsp3) is 0.190. The van der Waals surface area contributed by atoms with Crippen LogP contribution >= 0.6 is 0 Å². The van der Waals surface area contributed by atoms with Crippen LogP contribution in [0.1, 0.15) is 25.1 Å². The molecule has 0 aliphatic rings. The zero-order chi connectivity index (χ0) is 19.0. The lowest BCUT2D eigenvalue weighted by Gasteiger charge is -2.28.